The number of carbonyl (C=O) groups is 2. The number of fused-ring (bicyclic) bond motifs is 3. The zero-order chi connectivity index (χ0) is 27.0. The van der Waals surface area contributed by atoms with Crippen LogP contribution < -0.4 is 4.90 Å². The van der Waals surface area contributed by atoms with Gasteiger partial charge < -0.3 is 19.3 Å². The number of amides is 2. The first-order valence-electron chi connectivity index (χ1n) is 13.0. The van der Waals surface area contributed by atoms with E-state index in [2.05, 4.69) is 9.88 Å². The smallest absolute Gasteiger partial charge is 0.410 e. The Morgan fingerprint density at radius 3 is 2.37 bits per heavy atom. The Bertz CT molecular complexity index is 1220. The molecule has 0 N–H and O–H groups in total. The summed E-state index contributed by atoms with van der Waals surface area (Å²) in [4.78, 5) is 40.8. The van der Waals surface area contributed by atoms with E-state index >= 15 is 0 Å². The van der Waals surface area contributed by atoms with Gasteiger partial charge in [-0.25, -0.2) is 19.6 Å². The van der Waals surface area contributed by atoms with E-state index in [1.165, 1.54) is 0 Å². The predicted molar refractivity (Wildman–Crippen MR) is 142 cm³/mol. The average Bonchev–Trinajstić information content (AvgIpc) is 3.15. The molecule has 5 rings (SSSR count). The zero-order valence-electron chi connectivity index (χ0n) is 22.4. The first-order valence-corrected chi connectivity index (χ1v) is 14.6. The number of piperazine rings is 1. The second-order valence-electron chi connectivity index (χ2n) is 11.1. The zero-order valence-corrected chi connectivity index (χ0v) is 23.2. The molecule has 38 heavy (non-hydrogen) atoms. The second-order valence-corrected chi connectivity index (χ2v) is 12.4. The molecule has 4 heterocycles. The third kappa shape index (κ3) is 5.62. The van der Waals surface area contributed by atoms with Crippen LogP contribution in [0.4, 0.5) is 15.4 Å². The Labute approximate surface area is 225 Å². The normalized spacial score (nSPS) is 21.6. The van der Waals surface area contributed by atoms with Crippen molar-refractivity contribution in [2.24, 2.45) is 0 Å². The Kier molecular flexibility index (Phi) is 7.30. The van der Waals surface area contributed by atoms with Gasteiger partial charge >= 0.3 is 12.2 Å². The lowest BCUT2D eigenvalue weighted by Gasteiger charge is -2.42. The summed E-state index contributed by atoms with van der Waals surface area (Å²) in [6, 6.07) is 9.61. The number of anilines is 1. The lowest BCUT2D eigenvalue weighted by molar-refractivity contribution is 0.0122. The van der Waals surface area contributed by atoms with Crippen molar-refractivity contribution in [2.75, 3.05) is 30.8 Å². The van der Waals surface area contributed by atoms with Gasteiger partial charge in [0.05, 0.1) is 35.1 Å². The van der Waals surface area contributed by atoms with E-state index in [9.17, 15) is 13.8 Å². The maximum absolute atomic E-state index is 12.9. The molecule has 0 radical (unpaired) electrons. The molecule has 2 amide bonds. The van der Waals surface area contributed by atoms with Crippen molar-refractivity contribution in [3.63, 3.8) is 0 Å². The first-order chi connectivity index (χ1) is 18.1. The Morgan fingerprint density at radius 2 is 1.74 bits per heavy atom. The van der Waals surface area contributed by atoms with Crippen LogP contribution in [0.15, 0.2) is 35.5 Å². The minimum Gasteiger partial charge on any atom is -0.445 e. The second kappa shape index (κ2) is 10.5. The summed E-state index contributed by atoms with van der Waals surface area (Å²) in [5.74, 6) is 0.762. The molecule has 0 saturated carbocycles. The number of hydrogen-bond donors (Lipinski definition) is 0. The van der Waals surface area contributed by atoms with Crippen LogP contribution in [0, 0.1) is 0 Å². The molecule has 3 aliphatic heterocycles. The molecule has 10 nitrogen and oxygen atoms in total. The van der Waals surface area contributed by atoms with Gasteiger partial charge in [-0.3, -0.25) is 9.11 Å². The van der Waals surface area contributed by atoms with Gasteiger partial charge in [0.1, 0.15) is 18.0 Å². The molecule has 1 aromatic heterocycles. The van der Waals surface area contributed by atoms with Crippen molar-refractivity contribution in [3.05, 3.63) is 47.2 Å². The van der Waals surface area contributed by atoms with E-state index in [0.717, 1.165) is 29.8 Å². The van der Waals surface area contributed by atoms with Crippen molar-refractivity contribution < 1.29 is 23.3 Å². The highest BCUT2D eigenvalue weighted by Crippen LogP contribution is 2.36. The summed E-state index contributed by atoms with van der Waals surface area (Å²) in [6.45, 7) is 7.84. The quantitative estimate of drug-likeness (QED) is 0.542. The van der Waals surface area contributed by atoms with Crippen LogP contribution in [0.3, 0.4) is 0 Å². The molecular formula is C27H35N5O5S. The summed E-state index contributed by atoms with van der Waals surface area (Å²) in [6.07, 6.45) is 3.27. The number of nitrogens with zero attached hydrogens (tertiary/aromatic N) is 5. The van der Waals surface area contributed by atoms with Crippen LogP contribution >= 0.6 is 0 Å². The fourth-order valence-corrected chi connectivity index (χ4v) is 5.89. The molecule has 2 bridgehead atoms. The number of hydrogen-bond acceptors (Lipinski definition) is 8. The molecule has 2 fully saturated rings. The fraction of sp³-hybridized carbons (Fsp3) is 0.556. The van der Waals surface area contributed by atoms with Gasteiger partial charge in [-0.2, -0.15) is 0 Å². The van der Waals surface area contributed by atoms with Gasteiger partial charge in [0.25, 0.3) is 0 Å². The molecule has 0 spiro atoms. The van der Waals surface area contributed by atoms with E-state index in [-0.39, 0.29) is 36.5 Å². The first kappa shape index (κ1) is 26.4. The molecule has 3 unspecified atom stereocenters. The minimum atomic E-state index is -1.39. The molecular weight excluding hydrogens is 506 g/mol. The largest absolute Gasteiger partial charge is 0.445 e. The number of rotatable bonds is 4. The Morgan fingerprint density at radius 1 is 1.05 bits per heavy atom. The van der Waals surface area contributed by atoms with E-state index in [0.29, 0.717) is 31.7 Å². The van der Waals surface area contributed by atoms with Crippen LogP contribution in [-0.4, -0.2) is 79.7 Å². The van der Waals surface area contributed by atoms with Gasteiger partial charge in [0.2, 0.25) is 5.16 Å². The van der Waals surface area contributed by atoms with E-state index < -0.39 is 22.5 Å². The SMILES string of the molecule is CS(=O)c1nc2c(c(N3CC4CCC(C3)N4C(=O)OC(C)(C)C)n1)CCN(C(=O)OCc1ccccc1)C2. The maximum atomic E-state index is 12.9. The summed E-state index contributed by atoms with van der Waals surface area (Å²) in [5.41, 5.74) is 2.04. The standard InChI is InChI=1S/C27H35N5O5S/c1-27(2,3)37-26(34)32-19-10-11-20(32)15-31(14-19)23-21-12-13-30(16-22(21)28-24(29-23)38(4)35)25(33)36-17-18-8-6-5-7-9-18/h5-9,19-20H,10-17H2,1-4H3. The molecule has 0 aliphatic carbocycles. The monoisotopic (exact) mass is 541 g/mol. The molecule has 2 aromatic rings. The highest BCUT2D eigenvalue weighted by atomic mass is 32.2. The average molecular weight is 542 g/mol. The van der Waals surface area contributed by atoms with Gasteiger partial charge in [-0.15, -0.1) is 0 Å². The molecule has 3 aliphatic rings. The summed E-state index contributed by atoms with van der Waals surface area (Å²) >= 11 is 0. The topological polar surface area (TPSA) is 105 Å². The fourth-order valence-electron chi connectivity index (χ4n) is 5.43. The Balaban J connectivity index is 1.33. The molecule has 11 heteroatoms. The minimum absolute atomic E-state index is 0.0258. The molecule has 204 valence electrons. The number of benzene rings is 1. The molecule has 3 atom stereocenters. The van der Waals surface area contributed by atoms with E-state index in [1.807, 2.05) is 56.0 Å². The van der Waals surface area contributed by atoms with Crippen LogP contribution in [0.2, 0.25) is 0 Å². The third-order valence-electron chi connectivity index (χ3n) is 7.13. The highest BCUT2D eigenvalue weighted by molar-refractivity contribution is 7.84. The highest BCUT2D eigenvalue weighted by Gasteiger charge is 2.45. The van der Waals surface area contributed by atoms with Gasteiger partial charge in [-0.05, 0) is 45.6 Å². The van der Waals surface area contributed by atoms with Crippen molar-refractivity contribution in [1.82, 2.24) is 19.8 Å². The molecule has 2 saturated heterocycles. The van der Waals surface area contributed by atoms with Gasteiger partial charge in [-0.1, -0.05) is 30.3 Å². The third-order valence-corrected chi connectivity index (χ3v) is 7.83. The van der Waals surface area contributed by atoms with Crippen LogP contribution in [0.1, 0.15) is 50.4 Å². The summed E-state index contributed by atoms with van der Waals surface area (Å²) in [7, 11) is -1.39. The lowest BCUT2D eigenvalue weighted by Crippen LogP contribution is -2.57. The van der Waals surface area contributed by atoms with Crippen molar-refractivity contribution in [1.29, 1.82) is 0 Å². The predicted octanol–water partition coefficient (Wildman–Crippen LogP) is 3.50. The molecule has 1 aromatic carbocycles. The van der Waals surface area contributed by atoms with Gasteiger partial charge in [0, 0.05) is 31.5 Å². The number of aromatic nitrogens is 2. The van der Waals surface area contributed by atoms with Crippen LogP contribution in [-0.2, 0) is 39.8 Å². The van der Waals surface area contributed by atoms with Crippen molar-refractivity contribution >= 4 is 28.8 Å². The number of ether oxygens (including phenoxy) is 2. The summed E-state index contributed by atoms with van der Waals surface area (Å²) < 4.78 is 23.7. The van der Waals surface area contributed by atoms with E-state index in [1.54, 1.807) is 11.2 Å². The number of carbonyl (C=O) groups excluding carboxylic acids is 2. The van der Waals surface area contributed by atoms with E-state index in [4.69, 9.17) is 14.5 Å². The van der Waals surface area contributed by atoms with Crippen LogP contribution in [0.5, 0.6) is 0 Å². The van der Waals surface area contributed by atoms with Crippen molar-refractivity contribution in [3.8, 4) is 0 Å². The maximum Gasteiger partial charge on any atom is 0.410 e. The lowest BCUT2D eigenvalue weighted by atomic mass is 10.0. The van der Waals surface area contributed by atoms with Crippen molar-refractivity contribution in [2.45, 2.75) is 76.0 Å². The van der Waals surface area contributed by atoms with Crippen LogP contribution in [0.25, 0.3) is 0 Å². The van der Waals surface area contributed by atoms with Gasteiger partial charge in [0.15, 0.2) is 0 Å². The Hall–Kier alpha value is -3.21. The summed E-state index contributed by atoms with van der Waals surface area (Å²) in [5, 5.41) is 0.250.